The SMILES string of the molecule is CCOC(=O)N1CCC(Nc2nccc(Nc3ccc(F)c(Cl)c3)n2)CC1. The van der Waals surface area contributed by atoms with Gasteiger partial charge in [-0.15, -0.1) is 0 Å². The molecule has 0 saturated carbocycles. The van der Waals surface area contributed by atoms with Crippen LogP contribution in [0.3, 0.4) is 0 Å². The van der Waals surface area contributed by atoms with Crippen molar-refractivity contribution in [3.8, 4) is 0 Å². The number of anilines is 3. The number of carbonyl (C=O) groups is 1. The van der Waals surface area contributed by atoms with Gasteiger partial charge in [0.2, 0.25) is 5.95 Å². The molecule has 0 unspecified atom stereocenters. The van der Waals surface area contributed by atoms with E-state index in [0.29, 0.717) is 37.1 Å². The molecule has 1 aromatic carbocycles. The van der Waals surface area contributed by atoms with Crippen LogP contribution in [0.5, 0.6) is 0 Å². The molecule has 2 aromatic rings. The zero-order valence-corrected chi connectivity index (χ0v) is 15.7. The van der Waals surface area contributed by atoms with Crippen LogP contribution in [0, 0.1) is 5.82 Å². The summed E-state index contributed by atoms with van der Waals surface area (Å²) in [5, 5.41) is 6.41. The van der Waals surface area contributed by atoms with Crippen LogP contribution in [0.15, 0.2) is 30.5 Å². The Hall–Kier alpha value is -2.61. The van der Waals surface area contributed by atoms with Gasteiger partial charge in [0.15, 0.2) is 0 Å². The first kappa shape index (κ1) is 19.2. The number of piperidine rings is 1. The molecule has 0 bridgehead atoms. The molecule has 9 heteroatoms. The van der Waals surface area contributed by atoms with Crippen molar-refractivity contribution < 1.29 is 13.9 Å². The van der Waals surface area contributed by atoms with E-state index >= 15 is 0 Å². The number of likely N-dealkylation sites (tertiary alicyclic amines) is 1. The van der Waals surface area contributed by atoms with E-state index in [2.05, 4.69) is 20.6 Å². The van der Waals surface area contributed by atoms with Gasteiger partial charge in [0, 0.05) is 31.0 Å². The maximum Gasteiger partial charge on any atom is 0.409 e. The Morgan fingerprint density at radius 1 is 1.37 bits per heavy atom. The molecule has 0 radical (unpaired) electrons. The van der Waals surface area contributed by atoms with E-state index in [1.165, 1.54) is 12.1 Å². The highest BCUT2D eigenvalue weighted by atomic mass is 35.5. The second kappa shape index (κ2) is 8.85. The van der Waals surface area contributed by atoms with Crippen LogP contribution in [0.25, 0.3) is 0 Å². The van der Waals surface area contributed by atoms with Gasteiger partial charge in [-0.1, -0.05) is 11.6 Å². The van der Waals surface area contributed by atoms with Crippen molar-refractivity contribution >= 4 is 35.1 Å². The van der Waals surface area contributed by atoms with Gasteiger partial charge in [-0.3, -0.25) is 0 Å². The van der Waals surface area contributed by atoms with Crippen molar-refractivity contribution in [2.75, 3.05) is 30.3 Å². The topological polar surface area (TPSA) is 79.4 Å². The Balaban J connectivity index is 1.56. The third kappa shape index (κ3) is 5.19. The lowest BCUT2D eigenvalue weighted by molar-refractivity contribution is 0.0983. The van der Waals surface area contributed by atoms with E-state index in [-0.39, 0.29) is 17.2 Å². The summed E-state index contributed by atoms with van der Waals surface area (Å²) in [6.07, 6.45) is 2.94. The number of rotatable bonds is 5. The fourth-order valence-electron chi connectivity index (χ4n) is 2.82. The van der Waals surface area contributed by atoms with Crippen molar-refractivity contribution in [1.82, 2.24) is 14.9 Å². The van der Waals surface area contributed by atoms with Gasteiger partial charge >= 0.3 is 6.09 Å². The second-order valence-electron chi connectivity index (χ2n) is 6.12. The lowest BCUT2D eigenvalue weighted by Crippen LogP contribution is -2.42. The van der Waals surface area contributed by atoms with Crippen LogP contribution in [-0.2, 0) is 4.74 Å². The van der Waals surface area contributed by atoms with Gasteiger partial charge in [0.05, 0.1) is 11.6 Å². The second-order valence-corrected chi connectivity index (χ2v) is 6.53. The zero-order chi connectivity index (χ0) is 19.2. The summed E-state index contributed by atoms with van der Waals surface area (Å²) >= 11 is 5.80. The average Bonchev–Trinajstić information content (AvgIpc) is 2.66. The Morgan fingerprint density at radius 3 is 2.85 bits per heavy atom. The number of halogens is 2. The molecule has 1 aliphatic rings. The molecular weight excluding hydrogens is 373 g/mol. The molecule has 27 heavy (non-hydrogen) atoms. The monoisotopic (exact) mass is 393 g/mol. The predicted molar refractivity (Wildman–Crippen MR) is 102 cm³/mol. The Morgan fingerprint density at radius 2 is 2.15 bits per heavy atom. The number of aromatic nitrogens is 2. The van der Waals surface area contributed by atoms with Crippen molar-refractivity contribution in [3.63, 3.8) is 0 Å². The highest BCUT2D eigenvalue weighted by Crippen LogP contribution is 2.22. The van der Waals surface area contributed by atoms with E-state index in [1.54, 1.807) is 30.2 Å². The highest BCUT2D eigenvalue weighted by molar-refractivity contribution is 6.31. The Labute approximate surface area is 161 Å². The molecule has 1 saturated heterocycles. The van der Waals surface area contributed by atoms with Gasteiger partial charge in [0.25, 0.3) is 0 Å². The first-order valence-corrected chi connectivity index (χ1v) is 9.16. The van der Waals surface area contributed by atoms with Crippen LogP contribution in [0.4, 0.5) is 26.6 Å². The molecule has 1 aromatic heterocycles. The van der Waals surface area contributed by atoms with Crippen molar-refractivity contribution in [1.29, 1.82) is 0 Å². The van der Waals surface area contributed by atoms with Crippen LogP contribution >= 0.6 is 11.6 Å². The molecule has 3 rings (SSSR count). The minimum Gasteiger partial charge on any atom is -0.450 e. The predicted octanol–water partition coefficient (Wildman–Crippen LogP) is 4.05. The molecule has 0 aliphatic carbocycles. The van der Waals surface area contributed by atoms with Crippen molar-refractivity contribution in [2.24, 2.45) is 0 Å². The Bertz CT molecular complexity index is 799. The summed E-state index contributed by atoms with van der Waals surface area (Å²) in [7, 11) is 0. The van der Waals surface area contributed by atoms with Crippen LogP contribution in [0.2, 0.25) is 5.02 Å². The van der Waals surface area contributed by atoms with Gasteiger partial charge in [-0.25, -0.2) is 14.2 Å². The number of nitrogens with zero attached hydrogens (tertiary/aromatic N) is 3. The number of nitrogens with one attached hydrogen (secondary N) is 2. The van der Waals surface area contributed by atoms with Crippen LogP contribution in [-0.4, -0.2) is 46.7 Å². The molecule has 2 heterocycles. The first-order valence-electron chi connectivity index (χ1n) is 8.78. The molecular formula is C18H21ClFN5O2. The highest BCUT2D eigenvalue weighted by Gasteiger charge is 2.23. The number of benzene rings is 1. The summed E-state index contributed by atoms with van der Waals surface area (Å²) in [5.74, 6) is 0.586. The molecule has 144 valence electrons. The number of ether oxygens (including phenoxy) is 1. The summed E-state index contributed by atoms with van der Waals surface area (Å²) in [5.41, 5.74) is 0.633. The average molecular weight is 394 g/mol. The van der Waals surface area contributed by atoms with Crippen molar-refractivity contribution in [3.05, 3.63) is 41.3 Å². The van der Waals surface area contributed by atoms with Crippen molar-refractivity contribution in [2.45, 2.75) is 25.8 Å². The van der Waals surface area contributed by atoms with Crippen LogP contribution in [0.1, 0.15) is 19.8 Å². The van der Waals surface area contributed by atoms with Gasteiger partial charge in [0.1, 0.15) is 11.6 Å². The van der Waals surface area contributed by atoms with E-state index in [1.807, 2.05) is 0 Å². The summed E-state index contributed by atoms with van der Waals surface area (Å²) < 4.78 is 18.3. The molecule has 1 aliphatic heterocycles. The molecule has 7 nitrogen and oxygen atoms in total. The fraction of sp³-hybridized carbons (Fsp3) is 0.389. The fourth-order valence-corrected chi connectivity index (χ4v) is 3.00. The number of amides is 1. The first-order chi connectivity index (χ1) is 13.0. The van der Waals surface area contributed by atoms with Gasteiger partial charge < -0.3 is 20.3 Å². The molecule has 1 amide bonds. The lowest BCUT2D eigenvalue weighted by Gasteiger charge is -2.31. The van der Waals surface area contributed by atoms with E-state index in [9.17, 15) is 9.18 Å². The number of carbonyl (C=O) groups excluding carboxylic acids is 1. The Kier molecular flexibility index (Phi) is 6.28. The van der Waals surface area contributed by atoms with Gasteiger partial charge in [-0.05, 0) is 44.0 Å². The molecule has 0 spiro atoms. The van der Waals surface area contributed by atoms with E-state index < -0.39 is 5.82 Å². The quantitative estimate of drug-likeness (QED) is 0.797. The summed E-state index contributed by atoms with van der Waals surface area (Å²) in [6.45, 7) is 3.43. The minimum absolute atomic E-state index is 0.0424. The maximum absolute atomic E-state index is 13.3. The number of hydrogen-bond donors (Lipinski definition) is 2. The number of hydrogen-bond acceptors (Lipinski definition) is 6. The molecule has 1 fully saturated rings. The summed E-state index contributed by atoms with van der Waals surface area (Å²) in [4.78, 5) is 22.1. The summed E-state index contributed by atoms with van der Waals surface area (Å²) in [6, 6.07) is 6.26. The largest absolute Gasteiger partial charge is 0.450 e. The maximum atomic E-state index is 13.3. The minimum atomic E-state index is -0.471. The third-order valence-corrected chi connectivity index (χ3v) is 4.49. The molecule has 2 N–H and O–H groups in total. The third-order valence-electron chi connectivity index (χ3n) is 4.20. The smallest absolute Gasteiger partial charge is 0.409 e. The normalized spacial score (nSPS) is 14.7. The molecule has 0 atom stereocenters. The zero-order valence-electron chi connectivity index (χ0n) is 14.9. The van der Waals surface area contributed by atoms with E-state index in [0.717, 1.165) is 12.8 Å². The van der Waals surface area contributed by atoms with Crippen LogP contribution < -0.4 is 10.6 Å². The standard InChI is InChI=1S/C18H21ClFN5O2/c1-2-27-18(26)25-9-6-12(7-10-25)23-17-21-8-5-16(24-17)22-13-3-4-15(20)14(19)11-13/h3-5,8,11-12H,2,6-7,9-10H2,1H3,(H2,21,22,23,24). The van der Waals surface area contributed by atoms with Gasteiger partial charge in [-0.2, -0.15) is 4.98 Å². The lowest BCUT2D eigenvalue weighted by atomic mass is 10.1. The van der Waals surface area contributed by atoms with E-state index in [4.69, 9.17) is 16.3 Å².